The van der Waals surface area contributed by atoms with Gasteiger partial charge in [0.1, 0.15) is 0 Å². The summed E-state index contributed by atoms with van der Waals surface area (Å²) in [5.74, 6) is 0. The van der Waals surface area contributed by atoms with E-state index in [1.807, 2.05) is 0 Å². The van der Waals surface area contributed by atoms with Crippen molar-refractivity contribution < 1.29 is 69.8 Å². The monoisotopic (exact) mass is 358 g/mol. The van der Waals surface area contributed by atoms with Gasteiger partial charge in [-0.15, -0.1) is 0 Å². The van der Waals surface area contributed by atoms with Crippen LogP contribution in [-0.2, 0) is 69.8 Å². The Morgan fingerprint density at radius 1 is 1.00 bits per heavy atom. The standard InChI is InChI=1S/Co.Fe.Ni.Sb.Zn. The minimum Gasteiger partial charge on any atom is 0 e. The Kier molecular flexibility index (Phi) is 248. The van der Waals surface area contributed by atoms with Gasteiger partial charge in [-0.05, 0) is 0 Å². The van der Waals surface area contributed by atoms with Crippen molar-refractivity contribution in [2.75, 3.05) is 0 Å². The summed E-state index contributed by atoms with van der Waals surface area (Å²) in [7, 11) is 0. The van der Waals surface area contributed by atoms with Crippen molar-refractivity contribution in [3.63, 3.8) is 0 Å². The van der Waals surface area contributed by atoms with Crippen LogP contribution < -0.4 is 0 Å². The van der Waals surface area contributed by atoms with Gasteiger partial charge in [0.15, 0.2) is 0 Å². The van der Waals surface area contributed by atoms with Gasteiger partial charge in [-0.2, -0.15) is 0 Å². The van der Waals surface area contributed by atoms with Crippen LogP contribution in [0.3, 0.4) is 0 Å². The summed E-state index contributed by atoms with van der Waals surface area (Å²) < 4.78 is 0. The van der Waals surface area contributed by atoms with Gasteiger partial charge in [-0.1, -0.05) is 0 Å². The second-order valence-corrected chi connectivity index (χ2v) is 0. The largest absolute Gasteiger partial charge is 0 e. The molecule has 34 valence electrons. The average molecular weight is 361 g/mol. The molecule has 0 aromatic rings. The molecule has 0 amide bonds. The number of hydrogen-bond donors (Lipinski definition) is 0. The third-order valence-corrected chi connectivity index (χ3v) is 0. The van der Waals surface area contributed by atoms with E-state index < -0.39 is 0 Å². The summed E-state index contributed by atoms with van der Waals surface area (Å²) in [6.45, 7) is 0. The Hall–Kier alpha value is 2.96. The van der Waals surface area contributed by atoms with Crippen molar-refractivity contribution >= 4 is 24.4 Å². The molecule has 0 unspecified atom stereocenters. The predicted molar refractivity (Wildman–Crippen MR) is 5.75 cm³/mol. The number of hydrogen-bond acceptors (Lipinski definition) is 0. The maximum Gasteiger partial charge on any atom is 0 e. The van der Waals surface area contributed by atoms with Gasteiger partial charge in [0.05, 0.1) is 0 Å². The fourth-order valence-electron chi connectivity index (χ4n) is 0. The van der Waals surface area contributed by atoms with E-state index in [0.717, 1.165) is 0 Å². The van der Waals surface area contributed by atoms with Crippen LogP contribution in [0.4, 0.5) is 0 Å². The van der Waals surface area contributed by atoms with Crippen LogP contribution in [0.5, 0.6) is 0 Å². The molecule has 0 aliphatic heterocycles. The summed E-state index contributed by atoms with van der Waals surface area (Å²) >= 11 is 0. The van der Waals surface area contributed by atoms with Crippen LogP contribution in [0.15, 0.2) is 0 Å². The molecule has 5 heteroatoms. The van der Waals surface area contributed by atoms with Crippen molar-refractivity contribution in [1.29, 1.82) is 0 Å². The van der Waals surface area contributed by atoms with Crippen LogP contribution in [0, 0.1) is 0 Å². The molecule has 0 bridgehead atoms. The second kappa shape index (κ2) is 28.2. The molecule has 0 aromatic heterocycles. The van der Waals surface area contributed by atoms with Crippen LogP contribution in [0.1, 0.15) is 0 Å². The summed E-state index contributed by atoms with van der Waals surface area (Å²) in [5, 5.41) is 0. The molecule has 0 atom stereocenters. The van der Waals surface area contributed by atoms with E-state index in [1.165, 1.54) is 0 Å². The maximum absolute atomic E-state index is 0. The molecule has 0 saturated heterocycles. The molecule has 0 aliphatic rings. The fourth-order valence-corrected chi connectivity index (χ4v) is 0. The van der Waals surface area contributed by atoms with Gasteiger partial charge in [-0.3, -0.25) is 0 Å². The summed E-state index contributed by atoms with van der Waals surface area (Å²) in [6, 6.07) is 0. The zero-order valence-electron chi connectivity index (χ0n) is 2.16. The Labute approximate surface area is 92.8 Å². The van der Waals surface area contributed by atoms with Gasteiger partial charge in [0.2, 0.25) is 0 Å². The quantitative estimate of drug-likeness (QED) is 0.516. The maximum atomic E-state index is 0. The van der Waals surface area contributed by atoms with E-state index in [1.54, 1.807) is 0 Å². The van der Waals surface area contributed by atoms with E-state index in [-0.39, 0.29) is 94.2 Å². The molecular formula is CoFeNiSbZn. The van der Waals surface area contributed by atoms with Crippen molar-refractivity contribution in [1.82, 2.24) is 0 Å². The first kappa shape index (κ1) is 44.0. The van der Waals surface area contributed by atoms with Gasteiger partial charge in [0.25, 0.3) is 0 Å². The van der Waals surface area contributed by atoms with Gasteiger partial charge in [-0.25, -0.2) is 0 Å². The van der Waals surface area contributed by atoms with E-state index in [0.29, 0.717) is 0 Å². The van der Waals surface area contributed by atoms with E-state index in [9.17, 15) is 0 Å². The van der Waals surface area contributed by atoms with Crippen molar-refractivity contribution in [2.24, 2.45) is 0 Å². The van der Waals surface area contributed by atoms with Crippen molar-refractivity contribution in [2.45, 2.75) is 0 Å². The molecule has 0 N–H and O–H groups in total. The Morgan fingerprint density at radius 2 is 1.00 bits per heavy atom. The number of rotatable bonds is 0. The second-order valence-electron chi connectivity index (χ2n) is 0. The minimum atomic E-state index is 0. The van der Waals surface area contributed by atoms with Gasteiger partial charge in [0, 0.05) is 94.2 Å². The van der Waals surface area contributed by atoms with E-state index >= 15 is 0 Å². The molecule has 0 aromatic carbocycles. The minimum absolute atomic E-state index is 0. The molecule has 0 rings (SSSR count). The molecule has 0 spiro atoms. The first-order valence-electron chi connectivity index (χ1n) is 0. The molecule has 0 nitrogen and oxygen atoms in total. The molecule has 0 saturated carbocycles. The molecule has 0 heterocycles. The summed E-state index contributed by atoms with van der Waals surface area (Å²) in [4.78, 5) is 0. The normalized spacial score (nSPS) is 0. The Balaban J connectivity index is 0. The average Bonchev–Trinajstić information content (AvgIpc) is 0. The molecule has 0 fully saturated rings. The van der Waals surface area contributed by atoms with E-state index in [2.05, 4.69) is 0 Å². The predicted octanol–water partition coefficient (Wildman–Crippen LogP) is -0.391. The van der Waals surface area contributed by atoms with Crippen LogP contribution in [0.25, 0.3) is 0 Å². The fraction of sp³-hybridized carbons (Fsp3) is 0. The molecule has 5 heavy (non-hydrogen) atoms. The Bertz CT molecular complexity index is 11.6. The topological polar surface area (TPSA) is 0 Å². The van der Waals surface area contributed by atoms with Crippen LogP contribution in [0.2, 0.25) is 0 Å². The zero-order valence-corrected chi connectivity index (χ0v) is 10.8. The molecule has 4 radical (unpaired) electrons. The first-order valence-corrected chi connectivity index (χ1v) is 0. The summed E-state index contributed by atoms with van der Waals surface area (Å²) in [6.07, 6.45) is 0. The smallest absolute Gasteiger partial charge is 0 e. The zero-order chi connectivity index (χ0) is 0. The van der Waals surface area contributed by atoms with Crippen LogP contribution >= 0.6 is 0 Å². The third kappa shape index (κ3) is 19.5. The van der Waals surface area contributed by atoms with Gasteiger partial charge < -0.3 is 0 Å². The third-order valence-electron chi connectivity index (χ3n) is 0. The SMILES string of the molecule is [Co].[Fe].[Ni].[Sb].[Zn]. The van der Waals surface area contributed by atoms with Gasteiger partial charge >= 0.3 is 0 Å². The molecule has 0 aliphatic carbocycles. The molecular weight excluding hydrogens is 361 g/mol. The summed E-state index contributed by atoms with van der Waals surface area (Å²) in [5.41, 5.74) is 0. The van der Waals surface area contributed by atoms with Crippen LogP contribution in [-0.4, -0.2) is 24.4 Å². The van der Waals surface area contributed by atoms with Crippen molar-refractivity contribution in [3.05, 3.63) is 0 Å². The Morgan fingerprint density at radius 3 is 1.00 bits per heavy atom. The van der Waals surface area contributed by atoms with Crippen molar-refractivity contribution in [3.8, 4) is 0 Å². The first-order chi connectivity index (χ1) is 0. The van der Waals surface area contributed by atoms with E-state index in [4.69, 9.17) is 0 Å².